The van der Waals surface area contributed by atoms with Crippen molar-refractivity contribution in [2.24, 2.45) is 0 Å². The van der Waals surface area contributed by atoms with Gasteiger partial charge in [-0.1, -0.05) is 15.9 Å². The molecule has 1 aromatic rings. The number of nitrogens with zero attached hydrogens (tertiary/aromatic N) is 1. The van der Waals surface area contributed by atoms with E-state index in [4.69, 9.17) is 9.47 Å². The Labute approximate surface area is 142 Å². The van der Waals surface area contributed by atoms with E-state index in [1.165, 1.54) is 19.3 Å². The average Bonchev–Trinajstić information content (AvgIpc) is 2.97. The molecule has 23 heavy (non-hydrogen) atoms. The molecule has 0 bridgehead atoms. The number of imide groups is 1. The quantitative estimate of drug-likeness (QED) is 0.577. The first-order valence-electron chi connectivity index (χ1n) is 7.03. The second kappa shape index (κ2) is 7.92. The van der Waals surface area contributed by atoms with E-state index in [0.717, 1.165) is 9.37 Å². The van der Waals surface area contributed by atoms with Crippen molar-refractivity contribution in [2.75, 3.05) is 20.3 Å². The second-order valence-electron chi connectivity index (χ2n) is 4.87. The maximum Gasteiger partial charge on any atom is 0.331 e. The van der Waals surface area contributed by atoms with E-state index < -0.39 is 18.5 Å². The first kappa shape index (κ1) is 17.2. The Kier molecular flexibility index (Phi) is 5.92. The summed E-state index contributed by atoms with van der Waals surface area (Å²) in [6, 6.07) is 5.37. The molecule has 0 spiro atoms. The van der Waals surface area contributed by atoms with Gasteiger partial charge in [0.1, 0.15) is 5.75 Å². The van der Waals surface area contributed by atoms with Gasteiger partial charge < -0.3 is 9.47 Å². The van der Waals surface area contributed by atoms with Crippen LogP contribution in [0.5, 0.6) is 5.75 Å². The number of amides is 2. The summed E-state index contributed by atoms with van der Waals surface area (Å²) < 4.78 is 10.9. The molecule has 0 saturated carbocycles. The molecule has 7 heteroatoms. The molecule has 0 unspecified atom stereocenters. The number of ether oxygens (including phenoxy) is 2. The Bertz CT molecular complexity index is 656. The molecule has 122 valence electrons. The average molecular weight is 382 g/mol. The van der Waals surface area contributed by atoms with Crippen LogP contribution in [0.2, 0.25) is 0 Å². The lowest BCUT2D eigenvalue weighted by atomic mass is 10.2. The summed E-state index contributed by atoms with van der Waals surface area (Å²) in [6.45, 7) is -0.0508. The van der Waals surface area contributed by atoms with E-state index in [-0.39, 0.29) is 5.91 Å². The topological polar surface area (TPSA) is 72.9 Å². The molecule has 0 radical (unpaired) electrons. The van der Waals surface area contributed by atoms with E-state index in [0.29, 0.717) is 30.7 Å². The van der Waals surface area contributed by atoms with Gasteiger partial charge in [0.15, 0.2) is 6.61 Å². The minimum Gasteiger partial charge on any atom is -0.496 e. The van der Waals surface area contributed by atoms with Crippen LogP contribution in [-0.2, 0) is 19.1 Å². The van der Waals surface area contributed by atoms with Crippen LogP contribution in [0, 0.1) is 0 Å². The van der Waals surface area contributed by atoms with Crippen molar-refractivity contribution in [3.8, 4) is 5.75 Å². The third kappa shape index (κ3) is 4.66. The lowest BCUT2D eigenvalue weighted by Gasteiger charge is -2.12. The largest absolute Gasteiger partial charge is 0.496 e. The normalized spacial score (nSPS) is 14.3. The van der Waals surface area contributed by atoms with Crippen molar-refractivity contribution in [3.05, 3.63) is 34.3 Å². The number of rotatable bonds is 5. The fourth-order valence-corrected chi connectivity index (χ4v) is 2.54. The molecule has 1 aromatic carbocycles. The summed E-state index contributed by atoms with van der Waals surface area (Å²) in [7, 11) is 1.53. The standard InChI is InChI=1S/C16H16BrNO5/c1-22-13-6-5-12(17)9-11(13)4-7-16(21)23-10-15(20)18-8-2-3-14(18)19/h4-7,9H,2-3,8,10H2,1H3/b7-4+. The maximum absolute atomic E-state index is 11.8. The van der Waals surface area contributed by atoms with Gasteiger partial charge in [0, 0.05) is 29.1 Å². The SMILES string of the molecule is COc1ccc(Br)cc1/C=C/C(=O)OCC(=O)N1CCCC1=O. The minimum atomic E-state index is -0.660. The zero-order valence-corrected chi connectivity index (χ0v) is 14.2. The molecule has 0 aliphatic carbocycles. The lowest BCUT2D eigenvalue weighted by Crippen LogP contribution is -2.35. The molecule has 0 aromatic heterocycles. The van der Waals surface area contributed by atoms with Crippen molar-refractivity contribution in [1.29, 1.82) is 0 Å². The van der Waals surface area contributed by atoms with Crippen LogP contribution in [0.4, 0.5) is 0 Å². The number of halogens is 1. The van der Waals surface area contributed by atoms with Crippen molar-refractivity contribution >= 4 is 39.8 Å². The van der Waals surface area contributed by atoms with E-state index in [1.807, 2.05) is 6.07 Å². The maximum atomic E-state index is 11.8. The van der Waals surface area contributed by atoms with E-state index >= 15 is 0 Å². The van der Waals surface area contributed by atoms with Gasteiger partial charge >= 0.3 is 5.97 Å². The monoisotopic (exact) mass is 381 g/mol. The molecule has 6 nitrogen and oxygen atoms in total. The smallest absolute Gasteiger partial charge is 0.331 e. The molecule has 2 amide bonds. The van der Waals surface area contributed by atoms with Crippen LogP contribution < -0.4 is 4.74 Å². The van der Waals surface area contributed by atoms with Gasteiger partial charge in [-0.2, -0.15) is 0 Å². The number of hydrogen-bond donors (Lipinski definition) is 0. The van der Waals surface area contributed by atoms with Crippen molar-refractivity contribution < 1.29 is 23.9 Å². The number of likely N-dealkylation sites (tertiary alicyclic amines) is 1. The Morgan fingerprint density at radius 3 is 2.83 bits per heavy atom. The van der Waals surface area contributed by atoms with Crippen molar-refractivity contribution in [1.82, 2.24) is 4.90 Å². The summed E-state index contributed by atoms with van der Waals surface area (Å²) in [5, 5.41) is 0. The lowest BCUT2D eigenvalue weighted by molar-refractivity contribution is -0.151. The summed E-state index contributed by atoms with van der Waals surface area (Å²) in [5.41, 5.74) is 0.694. The molecule has 0 N–H and O–H groups in total. The Balaban J connectivity index is 1.90. The molecular formula is C16H16BrNO5. The van der Waals surface area contributed by atoms with Crippen molar-refractivity contribution in [3.63, 3.8) is 0 Å². The van der Waals surface area contributed by atoms with Gasteiger partial charge in [0.2, 0.25) is 5.91 Å². The van der Waals surface area contributed by atoms with Gasteiger partial charge in [0.05, 0.1) is 7.11 Å². The third-order valence-electron chi connectivity index (χ3n) is 3.30. The van der Waals surface area contributed by atoms with Gasteiger partial charge in [-0.05, 0) is 30.7 Å². The summed E-state index contributed by atoms with van der Waals surface area (Å²) in [4.78, 5) is 36.0. The first-order chi connectivity index (χ1) is 11.0. The third-order valence-corrected chi connectivity index (χ3v) is 3.80. The summed E-state index contributed by atoms with van der Waals surface area (Å²) >= 11 is 3.34. The summed E-state index contributed by atoms with van der Waals surface area (Å²) in [6.07, 6.45) is 3.77. The zero-order chi connectivity index (χ0) is 16.8. The Hall–Kier alpha value is -2.15. The van der Waals surface area contributed by atoms with Gasteiger partial charge in [-0.3, -0.25) is 14.5 Å². The molecule has 1 heterocycles. The number of benzene rings is 1. The van der Waals surface area contributed by atoms with Crippen molar-refractivity contribution in [2.45, 2.75) is 12.8 Å². The van der Waals surface area contributed by atoms with Crippen LogP contribution in [0.1, 0.15) is 18.4 Å². The van der Waals surface area contributed by atoms with Crippen LogP contribution in [0.3, 0.4) is 0 Å². The molecule has 1 aliphatic rings. The van der Waals surface area contributed by atoms with E-state index in [1.54, 1.807) is 12.1 Å². The number of carbonyl (C=O) groups is 3. The highest BCUT2D eigenvalue weighted by molar-refractivity contribution is 9.10. The molecule has 1 aliphatic heterocycles. The first-order valence-corrected chi connectivity index (χ1v) is 7.82. The van der Waals surface area contributed by atoms with Gasteiger partial charge in [-0.25, -0.2) is 4.79 Å². The highest BCUT2D eigenvalue weighted by atomic mass is 79.9. The highest BCUT2D eigenvalue weighted by Crippen LogP contribution is 2.24. The van der Waals surface area contributed by atoms with E-state index in [2.05, 4.69) is 15.9 Å². The highest BCUT2D eigenvalue weighted by Gasteiger charge is 2.26. The zero-order valence-electron chi connectivity index (χ0n) is 12.6. The van der Waals surface area contributed by atoms with Gasteiger partial charge in [0.25, 0.3) is 5.91 Å². The number of methoxy groups -OCH3 is 1. The molecule has 1 fully saturated rings. The van der Waals surface area contributed by atoms with Gasteiger partial charge in [-0.15, -0.1) is 0 Å². The van der Waals surface area contributed by atoms with Crippen LogP contribution >= 0.6 is 15.9 Å². The fraction of sp³-hybridized carbons (Fsp3) is 0.312. The molecule has 2 rings (SSSR count). The number of esters is 1. The van der Waals surface area contributed by atoms with Crippen LogP contribution in [0.15, 0.2) is 28.7 Å². The van der Waals surface area contributed by atoms with E-state index in [9.17, 15) is 14.4 Å². The predicted octanol–water partition coefficient (Wildman–Crippen LogP) is 2.16. The summed E-state index contributed by atoms with van der Waals surface area (Å²) in [5.74, 6) is -0.766. The van der Waals surface area contributed by atoms with Crippen LogP contribution in [0.25, 0.3) is 6.08 Å². The molecule has 0 atom stereocenters. The fourth-order valence-electron chi connectivity index (χ4n) is 2.16. The molecular weight excluding hydrogens is 366 g/mol. The Morgan fingerprint density at radius 2 is 2.17 bits per heavy atom. The van der Waals surface area contributed by atoms with Crippen LogP contribution in [-0.4, -0.2) is 42.9 Å². The second-order valence-corrected chi connectivity index (χ2v) is 5.79. The predicted molar refractivity (Wildman–Crippen MR) is 86.6 cm³/mol. The minimum absolute atomic E-state index is 0.222. The number of carbonyl (C=O) groups excluding carboxylic acids is 3. The number of hydrogen-bond acceptors (Lipinski definition) is 5. The Morgan fingerprint density at radius 1 is 1.39 bits per heavy atom. The molecule has 1 saturated heterocycles.